The van der Waals surface area contributed by atoms with E-state index in [9.17, 15) is 14.4 Å². The third kappa shape index (κ3) is 6.00. The van der Waals surface area contributed by atoms with Crippen LogP contribution in [-0.4, -0.2) is 37.7 Å². The molecule has 0 amide bonds. The maximum atomic E-state index is 12.2. The van der Waals surface area contributed by atoms with E-state index in [2.05, 4.69) is 5.92 Å². The van der Waals surface area contributed by atoms with E-state index in [1.54, 1.807) is 19.9 Å². The molecule has 0 fully saturated rings. The van der Waals surface area contributed by atoms with Crippen LogP contribution in [0.1, 0.15) is 33.6 Å². The lowest BCUT2D eigenvalue weighted by molar-refractivity contribution is -0.171. The first-order valence-electron chi connectivity index (χ1n) is 7.00. The SMILES string of the molecule is C#CCC(C/C=C\COC(C)=O)(C(=O)OCC)C(=O)OCC. The molecule has 0 atom stereocenters. The summed E-state index contributed by atoms with van der Waals surface area (Å²) in [5.74, 6) is 0.467. The van der Waals surface area contributed by atoms with Crippen molar-refractivity contribution in [2.24, 2.45) is 5.41 Å². The molecule has 0 aromatic heterocycles. The summed E-state index contributed by atoms with van der Waals surface area (Å²) in [5, 5.41) is 0. The summed E-state index contributed by atoms with van der Waals surface area (Å²) in [6, 6.07) is 0. The lowest BCUT2D eigenvalue weighted by atomic mass is 9.81. The maximum absolute atomic E-state index is 12.2. The highest BCUT2D eigenvalue weighted by molar-refractivity contribution is 6.00. The van der Waals surface area contributed by atoms with Crippen molar-refractivity contribution in [2.75, 3.05) is 19.8 Å². The van der Waals surface area contributed by atoms with Gasteiger partial charge in [0.1, 0.15) is 6.61 Å². The summed E-state index contributed by atoms with van der Waals surface area (Å²) in [7, 11) is 0. The van der Waals surface area contributed by atoms with Gasteiger partial charge in [0.25, 0.3) is 0 Å². The van der Waals surface area contributed by atoms with Gasteiger partial charge in [-0.3, -0.25) is 14.4 Å². The number of carbonyl (C=O) groups is 3. The van der Waals surface area contributed by atoms with E-state index in [0.29, 0.717) is 0 Å². The van der Waals surface area contributed by atoms with Crippen molar-refractivity contribution in [1.29, 1.82) is 0 Å². The Balaban J connectivity index is 5.18. The smallest absolute Gasteiger partial charge is 0.324 e. The molecule has 0 radical (unpaired) electrons. The lowest BCUT2D eigenvalue weighted by Gasteiger charge is -2.26. The maximum Gasteiger partial charge on any atom is 0.324 e. The third-order valence-corrected chi connectivity index (χ3v) is 2.75. The van der Waals surface area contributed by atoms with Crippen molar-refractivity contribution in [1.82, 2.24) is 0 Å². The summed E-state index contributed by atoms with van der Waals surface area (Å²) in [6.45, 7) is 4.87. The van der Waals surface area contributed by atoms with Crippen LogP contribution in [0.3, 0.4) is 0 Å². The number of ether oxygens (including phenoxy) is 3. The van der Waals surface area contributed by atoms with Gasteiger partial charge in [-0.05, 0) is 20.3 Å². The van der Waals surface area contributed by atoms with Crippen LogP contribution in [0.5, 0.6) is 0 Å². The summed E-state index contributed by atoms with van der Waals surface area (Å²) in [5.41, 5.74) is -1.58. The molecule has 0 N–H and O–H groups in total. The van der Waals surface area contributed by atoms with Gasteiger partial charge in [0.15, 0.2) is 5.41 Å². The first kappa shape index (κ1) is 19.7. The van der Waals surface area contributed by atoms with E-state index in [-0.39, 0.29) is 32.7 Å². The summed E-state index contributed by atoms with van der Waals surface area (Å²) in [4.78, 5) is 35.1. The minimum atomic E-state index is -1.58. The molecule has 0 aliphatic carbocycles. The number of carbonyl (C=O) groups excluding carboxylic acids is 3. The molecule has 0 unspecified atom stereocenters. The molecule has 0 rings (SSSR count). The first-order chi connectivity index (χ1) is 10.4. The van der Waals surface area contributed by atoms with Crippen molar-refractivity contribution < 1.29 is 28.6 Å². The molecule has 0 heterocycles. The highest BCUT2D eigenvalue weighted by atomic mass is 16.6. The molecule has 6 heteroatoms. The second-order valence-electron chi connectivity index (χ2n) is 4.38. The van der Waals surface area contributed by atoms with Gasteiger partial charge in [0, 0.05) is 13.3 Å². The molecule has 22 heavy (non-hydrogen) atoms. The van der Waals surface area contributed by atoms with Crippen LogP contribution in [0.2, 0.25) is 0 Å². The molecule has 122 valence electrons. The van der Waals surface area contributed by atoms with E-state index in [1.165, 1.54) is 13.0 Å². The normalized spacial score (nSPS) is 10.8. The molecule has 0 aliphatic rings. The number of esters is 3. The highest BCUT2D eigenvalue weighted by Crippen LogP contribution is 2.31. The topological polar surface area (TPSA) is 78.9 Å². The predicted molar refractivity (Wildman–Crippen MR) is 79.5 cm³/mol. The predicted octanol–water partition coefficient (Wildman–Crippen LogP) is 1.63. The lowest BCUT2D eigenvalue weighted by Crippen LogP contribution is -2.41. The van der Waals surface area contributed by atoms with Gasteiger partial charge < -0.3 is 14.2 Å². The van der Waals surface area contributed by atoms with E-state index in [4.69, 9.17) is 20.6 Å². The largest absolute Gasteiger partial charge is 0.465 e. The van der Waals surface area contributed by atoms with Crippen molar-refractivity contribution in [3.05, 3.63) is 12.2 Å². The average molecular weight is 310 g/mol. The first-order valence-corrected chi connectivity index (χ1v) is 7.00. The fourth-order valence-electron chi connectivity index (χ4n) is 1.70. The fourth-order valence-corrected chi connectivity index (χ4v) is 1.70. The number of hydrogen-bond acceptors (Lipinski definition) is 6. The molecule has 0 saturated carbocycles. The molecular formula is C16H22O6. The van der Waals surface area contributed by atoms with Gasteiger partial charge in [-0.15, -0.1) is 12.3 Å². The van der Waals surface area contributed by atoms with Gasteiger partial charge >= 0.3 is 17.9 Å². The Hall–Kier alpha value is -2.29. The van der Waals surface area contributed by atoms with Crippen LogP contribution >= 0.6 is 0 Å². The Morgan fingerprint density at radius 1 is 1.05 bits per heavy atom. The molecule has 0 bridgehead atoms. The quantitative estimate of drug-likeness (QED) is 0.212. The van der Waals surface area contributed by atoms with Crippen molar-refractivity contribution in [3.63, 3.8) is 0 Å². The molecule has 0 aromatic rings. The van der Waals surface area contributed by atoms with E-state index in [0.717, 1.165) is 0 Å². The molecule has 0 spiro atoms. The molecule has 0 aromatic carbocycles. The van der Waals surface area contributed by atoms with E-state index < -0.39 is 23.3 Å². The molecule has 6 nitrogen and oxygen atoms in total. The Bertz CT molecular complexity index is 440. The van der Waals surface area contributed by atoms with Gasteiger partial charge in [0.05, 0.1) is 13.2 Å². The standard InChI is InChI=1S/C16H22O6/c1-5-10-16(14(18)20-6-2,15(19)21-7-3)11-8-9-12-22-13(4)17/h1,8-9H,6-7,10-12H2,2-4H3/b9-8-. The number of terminal acetylenes is 1. The minimum absolute atomic E-state index is 0.0101. The van der Waals surface area contributed by atoms with Crippen molar-refractivity contribution in [3.8, 4) is 12.3 Å². The Kier molecular flexibility index (Phi) is 9.35. The number of hydrogen-bond donors (Lipinski definition) is 0. The van der Waals surface area contributed by atoms with Gasteiger partial charge in [-0.25, -0.2) is 0 Å². The Labute approximate surface area is 130 Å². The Morgan fingerprint density at radius 3 is 2.00 bits per heavy atom. The van der Waals surface area contributed by atoms with Crippen LogP contribution in [0.25, 0.3) is 0 Å². The highest BCUT2D eigenvalue weighted by Gasteiger charge is 2.47. The molecule has 0 aliphatic heterocycles. The third-order valence-electron chi connectivity index (χ3n) is 2.75. The van der Waals surface area contributed by atoms with Gasteiger partial charge in [-0.1, -0.05) is 12.2 Å². The fraction of sp³-hybridized carbons (Fsp3) is 0.562. The summed E-state index contributed by atoms with van der Waals surface area (Å²) < 4.78 is 14.7. The zero-order chi connectivity index (χ0) is 17.0. The monoisotopic (exact) mass is 310 g/mol. The van der Waals surface area contributed by atoms with Crippen LogP contribution in [0.4, 0.5) is 0 Å². The second-order valence-corrected chi connectivity index (χ2v) is 4.38. The molecule has 0 saturated heterocycles. The van der Waals surface area contributed by atoms with Crippen LogP contribution in [0.15, 0.2) is 12.2 Å². The van der Waals surface area contributed by atoms with Crippen LogP contribution in [-0.2, 0) is 28.6 Å². The second kappa shape index (κ2) is 10.4. The van der Waals surface area contributed by atoms with Gasteiger partial charge in [0.2, 0.25) is 0 Å². The van der Waals surface area contributed by atoms with Crippen LogP contribution in [0, 0.1) is 17.8 Å². The minimum Gasteiger partial charge on any atom is -0.465 e. The van der Waals surface area contributed by atoms with Gasteiger partial charge in [-0.2, -0.15) is 0 Å². The summed E-state index contributed by atoms with van der Waals surface area (Å²) in [6.07, 6.45) is 8.25. The number of rotatable bonds is 9. The number of allylic oxidation sites excluding steroid dienone is 1. The van der Waals surface area contributed by atoms with Crippen molar-refractivity contribution in [2.45, 2.75) is 33.6 Å². The summed E-state index contributed by atoms with van der Waals surface area (Å²) >= 11 is 0. The van der Waals surface area contributed by atoms with Crippen molar-refractivity contribution >= 4 is 17.9 Å². The van der Waals surface area contributed by atoms with Crippen LogP contribution < -0.4 is 0 Å². The van der Waals surface area contributed by atoms with E-state index >= 15 is 0 Å². The average Bonchev–Trinajstić information content (AvgIpc) is 2.45. The zero-order valence-electron chi connectivity index (χ0n) is 13.2. The Morgan fingerprint density at radius 2 is 1.59 bits per heavy atom. The zero-order valence-corrected chi connectivity index (χ0v) is 13.2. The molecular weight excluding hydrogens is 288 g/mol. The van der Waals surface area contributed by atoms with E-state index in [1.807, 2.05) is 0 Å².